The van der Waals surface area contributed by atoms with Crippen LogP contribution in [0.2, 0.25) is 5.02 Å². The Morgan fingerprint density at radius 1 is 1.01 bits per heavy atom. The van der Waals surface area contributed by atoms with E-state index in [-0.39, 0.29) is 65.9 Å². The lowest BCUT2D eigenvalue weighted by Crippen LogP contribution is -2.56. The fourth-order valence-corrected chi connectivity index (χ4v) is 14.0. The van der Waals surface area contributed by atoms with E-state index >= 15 is 0 Å². The Labute approximate surface area is 404 Å². The van der Waals surface area contributed by atoms with Crippen molar-refractivity contribution in [1.82, 2.24) is 19.4 Å². The number of piperidine rings is 3. The number of ether oxygens (including phenoxy) is 1. The van der Waals surface area contributed by atoms with Crippen LogP contribution in [0.4, 0.5) is 11.4 Å². The number of nitrogens with one attached hydrogen (secondary N) is 2. The summed E-state index contributed by atoms with van der Waals surface area (Å²) < 4.78 is 35.8. The van der Waals surface area contributed by atoms with Crippen LogP contribution in [-0.2, 0) is 24.4 Å². The highest BCUT2D eigenvalue weighted by molar-refractivity contribution is 7.89. The number of nitrogens with zero attached hydrogens (tertiary/aromatic N) is 4. The van der Waals surface area contributed by atoms with Crippen molar-refractivity contribution >= 4 is 98.0 Å². The van der Waals surface area contributed by atoms with Gasteiger partial charge < -0.3 is 15.0 Å². The van der Waals surface area contributed by atoms with Crippen LogP contribution in [0, 0.1) is 0 Å². The van der Waals surface area contributed by atoms with Crippen LogP contribution in [0.1, 0.15) is 83.9 Å². The number of thiophene rings is 1. The minimum atomic E-state index is -3.74. The number of amides is 3. The normalized spacial score (nSPS) is 22.7. The van der Waals surface area contributed by atoms with Crippen molar-refractivity contribution in [3.63, 3.8) is 0 Å². The zero-order valence-corrected chi connectivity index (χ0v) is 40.3. The molecule has 3 fully saturated rings. The molecule has 3 saturated heterocycles. The molecule has 0 aliphatic carbocycles. The zero-order chi connectivity index (χ0) is 47.2. The van der Waals surface area contributed by atoms with Gasteiger partial charge in [-0.1, -0.05) is 41.9 Å². The molecule has 3 atom stereocenters. The molecule has 4 aromatic rings. The van der Waals surface area contributed by atoms with Gasteiger partial charge in [-0.15, -0.1) is 24.0 Å². The number of hydrogen-bond donors (Lipinski definition) is 3. The number of halogens is 1. The third kappa shape index (κ3) is 9.09. The number of anilines is 2. The van der Waals surface area contributed by atoms with Crippen molar-refractivity contribution in [3.8, 4) is 16.2 Å². The Morgan fingerprint density at radius 2 is 1.81 bits per heavy atom. The summed E-state index contributed by atoms with van der Waals surface area (Å²) in [5.41, 5.74) is 4.05. The van der Waals surface area contributed by atoms with Gasteiger partial charge in [0, 0.05) is 66.7 Å². The predicted molar refractivity (Wildman–Crippen MR) is 264 cm³/mol. The molecular formula is C49H51ClN6O8S3. The van der Waals surface area contributed by atoms with Gasteiger partial charge >= 0.3 is 0 Å². The predicted octanol–water partition coefficient (Wildman–Crippen LogP) is 7.72. The van der Waals surface area contributed by atoms with Crippen LogP contribution < -0.4 is 20.3 Å². The molecule has 6 heterocycles. The van der Waals surface area contributed by atoms with Gasteiger partial charge in [-0.2, -0.15) is 4.31 Å². The minimum absolute atomic E-state index is 0.0181. The highest BCUT2D eigenvalue weighted by Crippen LogP contribution is 2.47. The molecule has 3 unspecified atom stereocenters. The third-order valence-corrected chi connectivity index (χ3v) is 17.3. The molecule has 3 aromatic carbocycles. The molecule has 0 radical (unpaired) electrons. The lowest BCUT2D eigenvalue weighted by Gasteiger charge is -2.45. The van der Waals surface area contributed by atoms with E-state index in [1.54, 1.807) is 14.6 Å². The average molecular weight is 984 g/mol. The van der Waals surface area contributed by atoms with E-state index in [0.29, 0.717) is 58.5 Å². The standard InChI is InChI=1S/C49H51ClN6O8S3/c1-49(2)27-34(51-33-6-3-5-32(26-33)46-44(50)45(64-23-22-57)40(28-58)66-46)16-20-55(49)67(62,63)29-30-13-17-54(21-24-65)42(25-30)53-18-14-31(15-19-53)35-9-10-38-43-36(35)7-4-8-37(43)48(61)56(38)39-11-12-41(59)52-47(39)60/h3-10,13,17,21-22,24-26,28,31,34,39,42,51,65H,11-12,14-16,18-20,23,27,29H2,1-2H3,(H,52,59,60)/b24-21-. The Morgan fingerprint density at radius 3 is 2.54 bits per heavy atom. The van der Waals surface area contributed by atoms with Gasteiger partial charge in [0.1, 0.15) is 28.7 Å². The summed E-state index contributed by atoms with van der Waals surface area (Å²) in [5.74, 6) is -0.748. The lowest BCUT2D eigenvalue weighted by molar-refractivity contribution is -0.134. The second kappa shape index (κ2) is 19.0. The van der Waals surface area contributed by atoms with E-state index < -0.39 is 27.5 Å². The Kier molecular flexibility index (Phi) is 13.3. The molecule has 1 aromatic heterocycles. The molecule has 5 aliphatic rings. The first kappa shape index (κ1) is 46.8. The number of hydrogen-bond acceptors (Lipinski definition) is 13. The quantitative estimate of drug-likeness (QED) is 0.0644. The number of benzene rings is 3. The van der Waals surface area contributed by atoms with Gasteiger partial charge in [0.2, 0.25) is 21.8 Å². The molecular weight excluding hydrogens is 932 g/mol. The van der Waals surface area contributed by atoms with E-state index in [9.17, 15) is 32.4 Å². The maximum atomic E-state index is 14.4. The smallest absolute Gasteiger partial charge is 0.259 e. The number of rotatable bonds is 14. The topological polar surface area (TPSA) is 166 Å². The summed E-state index contributed by atoms with van der Waals surface area (Å²) >= 11 is 12.2. The minimum Gasteiger partial charge on any atom is -0.483 e. The summed E-state index contributed by atoms with van der Waals surface area (Å²) in [6.45, 7) is 5.54. The second-order valence-electron chi connectivity index (χ2n) is 18.2. The SMILES string of the molecule is CC1(C)CC(Nc2cccc(-c3sc(C=O)c(OCC=O)c3Cl)c2)CCN1S(=O)(=O)CC1=CC(N2CCC(c3ccc4c5c(cccc35)C(=O)N4C3CCC(=O)NC3=O)CC2)N(/C=C\S)C=C1. The van der Waals surface area contributed by atoms with Gasteiger partial charge in [-0.3, -0.25) is 39.1 Å². The molecule has 14 nitrogen and oxygen atoms in total. The Bertz CT molecular complexity index is 2870. The van der Waals surface area contributed by atoms with Gasteiger partial charge in [0.15, 0.2) is 18.3 Å². The molecule has 67 heavy (non-hydrogen) atoms. The highest BCUT2D eigenvalue weighted by atomic mass is 35.5. The molecule has 350 valence electrons. The molecule has 2 N–H and O–H groups in total. The molecule has 0 bridgehead atoms. The molecule has 0 spiro atoms. The number of sulfonamides is 1. The summed E-state index contributed by atoms with van der Waals surface area (Å²) in [4.78, 5) is 68.1. The number of thiol groups is 1. The van der Waals surface area contributed by atoms with Crippen molar-refractivity contribution < 1.29 is 37.1 Å². The first-order chi connectivity index (χ1) is 32.2. The highest BCUT2D eigenvalue weighted by Gasteiger charge is 2.43. The number of imide groups is 1. The van der Waals surface area contributed by atoms with Crippen LogP contribution in [0.25, 0.3) is 21.2 Å². The van der Waals surface area contributed by atoms with Crippen molar-refractivity contribution in [2.24, 2.45) is 0 Å². The van der Waals surface area contributed by atoms with Gasteiger partial charge in [-0.05, 0) is 116 Å². The second-order valence-corrected chi connectivity index (χ2v) is 21.8. The Hall–Kier alpha value is -5.30. The molecule has 18 heteroatoms. The maximum Gasteiger partial charge on any atom is 0.259 e. The monoisotopic (exact) mass is 982 g/mol. The Balaban J connectivity index is 0.859. The average Bonchev–Trinajstić information content (AvgIpc) is 3.78. The van der Waals surface area contributed by atoms with Crippen LogP contribution in [0.5, 0.6) is 5.75 Å². The first-order valence-electron chi connectivity index (χ1n) is 22.4. The van der Waals surface area contributed by atoms with Crippen LogP contribution in [-0.4, -0.2) is 109 Å². The van der Waals surface area contributed by atoms with Crippen molar-refractivity contribution in [2.75, 3.05) is 42.2 Å². The number of carbonyl (C=O) groups is 5. The molecule has 5 aliphatic heterocycles. The zero-order valence-electron chi connectivity index (χ0n) is 37.0. The van der Waals surface area contributed by atoms with E-state index in [1.807, 2.05) is 91.8 Å². The van der Waals surface area contributed by atoms with Crippen molar-refractivity contribution in [3.05, 3.63) is 111 Å². The third-order valence-electron chi connectivity index (χ3n) is 13.5. The summed E-state index contributed by atoms with van der Waals surface area (Å²) in [6, 6.07) is 16.7. The number of carbonyl (C=O) groups excluding carboxylic acids is 5. The maximum absolute atomic E-state index is 14.4. The van der Waals surface area contributed by atoms with E-state index in [0.717, 1.165) is 53.5 Å². The van der Waals surface area contributed by atoms with Gasteiger partial charge in [0.05, 0.1) is 16.3 Å². The van der Waals surface area contributed by atoms with E-state index in [1.165, 1.54) is 11.3 Å². The summed E-state index contributed by atoms with van der Waals surface area (Å²) in [5, 5.41) is 9.78. The summed E-state index contributed by atoms with van der Waals surface area (Å²) in [7, 11) is -3.74. The fourth-order valence-electron chi connectivity index (χ4n) is 10.5. The van der Waals surface area contributed by atoms with Crippen LogP contribution >= 0.6 is 35.6 Å². The van der Waals surface area contributed by atoms with Crippen LogP contribution in [0.3, 0.4) is 0 Å². The van der Waals surface area contributed by atoms with Gasteiger partial charge in [0.25, 0.3) is 5.91 Å². The van der Waals surface area contributed by atoms with E-state index in [2.05, 4.69) is 34.2 Å². The van der Waals surface area contributed by atoms with Crippen molar-refractivity contribution in [1.29, 1.82) is 0 Å². The molecule has 9 rings (SSSR count). The first-order valence-corrected chi connectivity index (χ1v) is 25.7. The van der Waals surface area contributed by atoms with Crippen LogP contribution in [0.15, 0.2) is 90.1 Å². The largest absolute Gasteiger partial charge is 0.483 e. The number of aldehydes is 2. The summed E-state index contributed by atoms with van der Waals surface area (Å²) in [6.07, 6.45) is 12.0. The molecule has 0 saturated carbocycles. The fraction of sp³-hybridized carbons (Fsp3) is 0.367. The van der Waals surface area contributed by atoms with Crippen molar-refractivity contribution in [2.45, 2.75) is 82.1 Å². The van der Waals surface area contributed by atoms with E-state index in [4.69, 9.17) is 16.3 Å². The lowest BCUT2D eigenvalue weighted by atomic mass is 9.85. The molecule has 3 amide bonds. The number of likely N-dealkylation sites (tertiary alicyclic amines) is 1. The number of allylic oxidation sites excluding steroid dienone is 1. The van der Waals surface area contributed by atoms with Gasteiger partial charge in [-0.25, -0.2) is 8.42 Å².